The molecule has 1 aromatic rings. The molecule has 0 saturated carbocycles. The van der Waals surface area contributed by atoms with Gasteiger partial charge in [-0.3, -0.25) is 14.4 Å². The zero-order chi connectivity index (χ0) is 19.9. The van der Waals surface area contributed by atoms with E-state index in [4.69, 9.17) is 0 Å². The van der Waals surface area contributed by atoms with Crippen LogP contribution in [0.1, 0.15) is 48.4 Å². The Balaban J connectivity index is 2.68. The van der Waals surface area contributed by atoms with E-state index in [2.05, 4.69) is 14.6 Å². The second kappa shape index (κ2) is 10.1. The topological polar surface area (TPSA) is 81.8 Å². The first-order valence-corrected chi connectivity index (χ1v) is 9.03. The average Bonchev–Trinajstić information content (AvgIpc) is 2.81. The fourth-order valence-corrected chi connectivity index (χ4v) is 2.99. The predicted octanol–water partition coefficient (Wildman–Crippen LogP) is 0.280. The lowest BCUT2D eigenvalue weighted by molar-refractivity contribution is -0.862. The lowest BCUT2D eigenvalue weighted by atomic mass is 10.1. The third kappa shape index (κ3) is 6.63. The van der Waals surface area contributed by atoms with Crippen LogP contribution in [-0.4, -0.2) is 55.5 Å². The number of nitrogens with one attached hydrogen (secondary N) is 2. The number of quaternary nitrogens is 1. The van der Waals surface area contributed by atoms with E-state index in [0.717, 1.165) is 16.3 Å². The van der Waals surface area contributed by atoms with E-state index in [1.807, 2.05) is 40.8 Å². The van der Waals surface area contributed by atoms with Crippen LogP contribution in [0.5, 0.6) is 0 Å². The van der Waals surface area contributed by atoms with Gasteiger partial charge < -0.3 is 19.5 Å². The summed E-state index contributed by atoms with van der Waals surface area (Å²) in [5.41, 5.74) is 2.58. The van der Waals surface area contributed by atoms with E-state index in [0.29, 0.717) is 24.9 Å². The highest BCUT2D eigenvalue weighted by Crippen LogP contribution is 2.16. The van der Waals surface area contributed by atoms with Gasteiger partial charge in [0.05, 0.1) is 14.2 Å². The number of ketones is 1. The summed E-state index contributed by atoms with van der Waals surface area (Å²) >= 11 is 0. The molecule has 0 fully saturated rings. The molecule has 0 aliphatic rings. The van der Waals surface area contributed by atoms with Crippen molar-refractivity contribution in [2.24, 2.45) is 0 Å². The summed E-state index contributed by atoms with van der Waals surface area (Å²) in [5, 5.41) is 2.84. The molecule has 7 nitrogen and oxygen atoms in total. The Bertz CT molecular complexity index is 649. The first-order chi connectivity index (χ1) is 12.1. The number of likely N-dealkylation sites (N-methyl/N-ethyl adjacent to an activating group) is 1. The Morgan fingerprint density at radius 3 is 2.46 bits per heavy atom. The number of Topliss-reactive ketones (excluding diaryl/α,β-unsaturated/α-hetero) is 1. The van der Waals surface area contributed by atoms with Crippen molar-refractivity contribution in [3.8, 4) is 0 Å². The maximum Gasteiger partial charge on any atom is 0.305 e. The van der Waals surface area contributed by atoms with E-state index in [1.165, 1.54) is 7.11 Å². The van der Waals surface area contributed by atoms with Crippen molar-refractivity contribution in [2.75, 3.05) is 27.2 Å². The lowest BCUT2D eigenvalue weighted by Crippen LogP contribution is -3.11. The Hall–Kier alpha value is -2.15. The van der Waals surface area contributed by atoms with Crippen LogP contribution < -0.4 is 10.2 Å². The lowest BCUT2D eigenvalue weighted by Gasteiger charge is -2.14. The summed E-state index contributed by atoms with van der Waals surface area (Å²) in [6.45, 7) is 8.88. The van der Waals surface area contributed by atoms with Crippen LogP contribution in [0.25, 0.3) is 0 Å². The van der Waals surface area contributed by atoms with Crippen molar-refractivity contribution in [1.29, 1.82) is 0 Å². The maximum atomic E-state index is 12.6. The molecule has 26 heavy (non-hydrogen) atoms. The molecular weight excluding hydrogens is 334 g/mol. The first-order valence-electron chi connectivity index (χ1n) is 9.03. The van der Waals surface area contributed by atoms with Crippen LogP contribution in [0, 0.1) is 13.8 Å². The van der Waals surface area contributed by atoms with Gasteiger partial charge in [-0.25, -0.2) is 0 Å². The van der Waals surface area contributed by atoms with Gasteiger partial charge in [0.2, 0.25) is 5.78 Å². The summed E-state index contributed by atoms with van der Waals surface area (Å²) in [6.07, 6.45) is 1.02. The second-order valence-electron chi connectivity index (χ2n) is 7.07. The summed E-state index contributed by atoms with van der Waals surface area (Å²) in [6, 6.07) is 1.98. The molecule has 1 rings (SSSR count). The zero-order valence-corrected chi connectivity index (χ0v) is 16.8. The molecule has 1 unspecified atom stereocenters. The number of aromatic nitrogens is 1. The summed E-state index contributed by atoms with van der Waals surface area (Å²) in [7, 11) is 3.22. The highest BCUT2D eigenvalue weighted by atomic mass is 16.5. The largest absolute Gasteiger partial charge is 0.469 e. The molecule has 146 valence electrons. The van der Waals surface area contributed by atoms with E-state index in [-0.39, 0.29) is 36.8 Å². The number of ether oxygens (including phenoxy) is 1. The van der Waals surface area contributed by atoms with E-state index in [9.17, 15) is 14.4 Å². The Morgan fingerprint density at radius 2 is 1.88 bits per heavy atom. The van der Waals surface area contributed by atoms with Gasteiger partial charge in [0.1, 0.15) is 6.54 Å². The van der Waals surface area contributed by atoms with E-state index >= 15 is 0 Å². The number of esters is 1. The molecule has 1 atom stereocenters. The second-order valence-corrected chi connectivity index (χ2v) is 7.07. The number of carbonyl (C=O) groups excluding carboxylic acids is 3. The number of methoxy groups -OCH3 is 1. The normalized spacial score (nSPS) is 12.1. The molecule has 1 heterocycles. The molecular formula is C19H32N3O4+. The van der Waals surface area contributed by atoms with Gasteiger partial charge in [0.15, 0.2) is 6.54 Å². The fourth-order valence-electron chi connectivity index (χ4n) is 2.99. The van der Waals surface area contributed by atoms with Gasteiger partial charge in [-0.15, -0.1) is 0 Å². The zero-order valence-electron chi connectivity index (χ0n) is 16.8. The summed E-state index contributed by atoms with van der Waals surface area (Å²) in [5.74, 6) is -0.264. The number of rotatable bonds is 10. The van der Waals surface area contributed by atoms with Crippen LogP contribution >= 0.6 is 0 Å². The van der Waals surface area contributed by atoms with Crippen LogP contribution in [0.15, 0.2) is 6.07 Å². The van der Waals surface area contributed by atoms with Crippen molar-refractivity contribution in [1.82, 2.24) is 9.88 Å². The quantitative estimate of drug-likeness (QED) is 0.460. The molecule has 0 saturated heterocycles. The number of hydrogen-bond acceptors (Lipinski definition) is 4. The molecule has 1 amide bonds. The first kappa shape index (κ1) is 21.9. The van der Waals surface area contributed by atoms with Crippen LogP contribution in [-0.2, 0) is 20.9 Å². The number of hydrogen-bond donors (Lipinski definition) is 2. The molecule has 0 aliphatic carbocycles. The minimum atomic E-state index is -0.228. The minimum Gasteiger partial charge on any atom is -0.469 e. The molecule has 0 aliphatic heterocycles. The maximum absolute atomic E-state index is 12.6. The van der Waals surface area contributed by atoms with E-state index < -0.39 is 0 Å². The van der Waals surface area contributed by atoms with Crippen LogP contribution in [0.3, 0.4) is 0 Å². The van der Waals surface area contributed by atoms with Gasteiger partial charge >= 0.3 is 5.97 Å². The van der Waals surface area contributed by atoms with Gasteiger partial charge in [0.25, 0.3) is 5.91 Å². The third-order valence-electron chi connectivity index (χ3n) is 4.24. The third-order valence-corrected chi connectivity index (χ3v) is 4.24. The Morgan fingerprint density at radius 1 is 1.23 bits per heavy atom. The average molecular weight is 366 g/mol. The number of aryl methyl sites for hydroxylation is 1. The van der Waals surface area contributed by atoms with E-state index in [1.54, 1.807) is 0 Å². The van der Waals surface area contributed by atoms with Crippen molar-refractivity contribution < 1.29 is 24.0 Å². The highest BCUT2D eigenvalue weighted by molar-refractivity contribution is 5.98. The summed E-state index contributed by atoms with van der Waals surface area (Å²) in [4.78, 5) is 36.5. The smallest absolute Gasteiger partial charge is 0.305 e. The van der Waals surface area contributed by atoms with Gasteiger partial charge in [-0.2, -0.15) is 0 Å². The van der Waals surface area contributed by atoms with Crippen molar-refractivity contribution in [3.63, 3.8) is 0 Å². The number of amides is 1. The van der Waals surface area contributed by atoms with Crippen LogP contribution in [0.2, 0.25) is 0 Å². The number of nitrogens with zero attached hydrogens (tertiary/aromatic N) is 1. The van der Waals surface area contributed by atoms with Gasteiger partial charge in [-0.05, 0) is 40.2 Å². The molecule has 7 heteroatoms. The standard InChI is InChI=1S/C19H31N3O4/c1-13(2)20-18(24)12-21(5)11-17(23)16-10-14(3)22(15(16)4)9-7-8-19(25)26-6/h10,13H,7-9,11-12H2,1-6H3,(H,20,24)/p+1. The van der Waals surface area contributed by atoms with Crippen molar-refractivity contribution in [2.45, 2.75) is 53.1 Å². The fraction of sp³-hybridized carbons (Fsp3) is 0.632. The molecule has 2 N–H and O–H groups in total. The molecule has 0 radical (unpaired) electrons. The number of carbonyl (C=O) groups is 3. The van der Waals surface area contributed by atoms with Crippen LogP contribution in [0.4, 0.5) is 0 Å². The monoisotopic (exact) mass is 366 g/mol. The minimum absolute atomic E-state index is 0.0205. The van der Waals surface area contributed by atoms with Gasteiger partial charge in [-0.1, -0.05) is 0 Å². The van der Waals surface area contributed by atoms with Gasteiger partial charge in [0, 0.05) is 36.0 Å². The highest BCUT2D eigenvalue weighted by Gasteiger charge is 2.20. The molecule has 0 bridgehead atoms. The Kier molecular flexibility index (Phi) is 8.51. The molecule has 0 spiro atoms. The SMILES string of the molecule is COC(=O)CCCn1c(C)cc(C(=O)C[NH+](C)CC(=O)NC(C)C)c1C. The predicted molar refractivity (Wildman–Crippen MR) is 99.4 cm³/mol. The summed E-state index contributed by atoms with van der Waals surface area (Å²) < 4.78 is 6.71. The van der Waals surface area contributed by atoms with Crippen molar-refractivity contribution in [3.05, 3.63) is 23.0 Å². The molecule has 1 aromatic heterocycles. The van der Waals surface area contributed by atoms with Crippen molar-refractivity contribution >= 4 is 17.7 Å². The molecule has 0 aromatic carbocycles. The Labute approximate surface area is 155 Å².